The summed E-state index contributed by atoms with van der Waals surface area (Å²) in [4.78, 5) is 32.8. The van der Waals surface area contributed by atoms with Crippen LogP contribution in [0.3, 0.4) is 0 Å². The maximum absolute atomic E-state index is 13.0. The van der Waals surface area contributed by atoms with E-state index in [1.807, 2.05) is 62.1 Å². The van der Waals surface area contributed by atoms with E-state index in [0.717, 1.165) is 64.1 Å². The first kappa shape index (κ1) is 21.8. The van der Waals surface area contributed by atoms with Gasteiger partial charge in [0.15, 0.2) is 0 Å². The monoisotopic (exact) mass is 453 g/mol. The van der Waals surface area contributed by atoms with Gasteiger partial charge in [-0.3, -0.25) is 4.79 Å². The molecule has 34 heavy (non-hydrogen) atoms. The minimum Gasteiger partial charge on any atom is -0.338 e. The lowest BCUT2D eigenvalue weighted by Crippen LogP contribution is -2.40. The second-order valence-corrected chi connectivity index (χ2v) is 8.43. The van der Waals surface area contributed by atoms with Gasteiger partial charge in [0.2, 0.25) is 5.95 Å². The topological polar surface area (TPSA) is 88.8 Å². The summed E-state index contributed by atoms with van der Waals surface area (Å²) in [5.74, 6) is 1.32. The zero-order chi connectivity index (χ0) is 23.8. The molecule has 1 N–H and O–H groups in total. The third kappa shape index (κ3) is 3.81. The number of carbonyl (C=O) groups is 1. The fourth-order valence-electron chi connectivity index (χ4n) is 4.66. The fourth-order valence-corrected chi connectivity index (χ4v) is 4.66. The van der Waals surface area contributed by atoms with E-state index in [-0.39, 0.29) is 5.91 Å². The number of hydrogen-bond donors (Lipinski definition) is 1. The number of nitrogens with one attached hydrogen (secondary N) is 1. The molecule has 1 aromatic carbocycles. The lowest BCUT2D eigenvalue weighted by Gasteiger charge is -2.28. The Hall–Kier alpha value is -4.07. The third-order valence-corrected chi connectivity index (χ3v) is 6.33. The Kier molecular flexibility index (Phi) is 5.57. The molecule has 0 radical (unpaired) electrons. The van der Waals surface area contributed by atoms with Crippen molar-refractivity contribution in [3.05, 3.63) is 71.6 Å². The maximum Gasteiger partial charge on any atom is 0.270 e. The summed E-state index contributed by atoms with van der Waals surface area (Å²) < 4.78 is 2.13. The van der Waals surface area contributed by atoms with Gasteiger partial charge in [-0.1, -0.05) is 12.1 Å². The van der Waals surface area contributed by atoms with Gasteiger partial charge >= 0.3 is 0 Å². The molecule has 0 saturated carbocycles. The van der Waals surface area contributed by atoms with Gasteiger partial charge in [-0.2, -0.15) is 0 Å². The third-order valence-electron chi connectivity index (χ3n) is 6.33. The molecule has 0 unspecified atom stereocenters. The van der Waals surface area contributed by atoms with Gasteiger partial charge in [0.1, 0.15) is 11.5 Å². The van der Waals surface area contributed by atoms with Crippen molar-refractivity contribution in [1.29, 1.82) is 0 Å². The number of nitrogens with zero attached hydrogens (tertiary/aromatic N) is 6. The number of hydrogen-bond acceptors (Lipinski definition) is 6. The molecule has 5 rings (SSSR count). The predicted molar refractivity (Wildman–Crippen MR) is 132 cm³/mol. The normalized spacial score (nSPS) is 13.2. The van der Waals surface area contributed by atoms with E-state index in [1.54, 1.807) is 12.4 Å². The minimum absolute atomic E-state index is 0.0878. The first-order chi connectivity index (χ1) is 16.5. The number of rotatable bonds is 5. The van der Waals surface area contributed by atoms with Gasteiger partial charge in [0.25, 0.3) is 5.91 Å². The van der Waals surface area contributed by atoms with Crippen molar-refractivity contribution in [2.24, 2.45) is 0 Å². The first-order valence-electron chi connectivity index (χ1n) is 11.5. The summed E-state index contributed by atoms with van der Waals surface area (Å²) in [6.07, 6.45) is 3.51. The van der Waals surface area contributed by atoms with E-state index >= 15 is 0 Å². The highest BCUT2D eigenvalue weighted by Gasteiger charge is 2.30. The largest absolute Gasteiger partial charge is 0.338 e. The summed E-state index contributed by atoms with van der Waals surface area (Å²) >= 11 is 0. The first-order valence-corrected chi connectivity index (χ1v) is 11.5. The van der Waals surface area contributed by atoms with Crippen LogP contribution in [0.5, 0.6) is 0 Å². The summed E-state index contributed by atoms with van der Waals surface area (Å²) in [6, 6.07) is 11.8. The Labute approximate surface area is 198 Å². The number of likely N-dealkylation sites (N-methyl/N-ethyl adjacent to an activating group) is 1. The maximum atomic E-state index is 13.0. The quantitative estimate of drug-likeness (QED) is 0.477. The van der Waals surface area contributed by atoms with E-state index in [9.17, 15) is 4.79 Å². The average molecular weight is 454 g/mol. The van der Waals surface area contributed by atoms with Crippen molar-refractivity contribution >= 4 is 17.5 Å². The Morgan fingerprint density at radius 3 is 2.56 bits per heavy atom. The SMILES string of the molecule is CCN1CCn2c(C)c(-c3ccnc(Nc4cccc(-c5ccnc(C)n5)c4)n3)c(C)c2C1=O. The van der Waals surface area contributed by atoms with Gasteiger partial charge in [-0.15, -0.1) is 0 Å². The van der Waals surface area contributed by atoms with Crippen molar-refractivity contribution in [3.63, 3.8) is 0 Å². The molecule has 0 atom stereocenters. The zero-order valence-electron chi connectivity index (χ0n) is 19.8. The molecule has 8 heteroatoms. The van der Waals surface area contributed by atoms with Crippen LogP contribution >= 0.6 is 0 Å². The van der Waals surface area contributed by atoms with Crippen LogP contribution in [-0.4, -0.2) is 48.4 Å². The number of aromatic nitrogens is 5. The van der Waals surface area contributed by atoms with Crippen molar-refractivity contribution in [2.45, 2.75) is 34.2 Å². The van der Waals surface area contributed by atoms with Crippen molar-refractivity contribution in [3.8, 4) is 22.5 Å². The van der Waals surface area contributed by atoms with E-state index in [0.29, 0.717) is 12.5 Å². The van der Waals surface area contributed by atoms with Crippen LogP contribution < -0.4 is 5.32 Å². The smallest absolute Gasteiger partial charge is 0.270 e. The fraction of sp³-hybridized carbons (Fsp3) is 0.269. The number of aryl methyl sites for hydroxylation is 1. The highest BCUT2D eigenvalue weighted by Crippen LogP contribution is 2.34. The molecular weight excluding hydrogens is 426 g/mol. The minimum atomic E-state index is 0.0878. The molecule has 4 heterocycles. The van der Waals surface area contributed by atoms with Gasteiger partial charge < -0.3 is 14.8 Å². The molecule has 0 spiro atoms. The van der Waals surface area contributed by atoms with Crippen molar-refractivity contribution < 1.29 is 4.79 Å². The average Bonchev–Trinajstić information content (AvgIpc) is 3.10. The second kappa shape index (κ2) is 8.70. The zero-order valence-corrected chi connectivity index (χ0v) is 19.8. The van der Waals surface area contributed by atoms with Crippen LogP contribution in [0, 0.1) is 20.8 Å². The Balaban J connectivity index is 1.47. The van der Waals surface area contributed by atoms with Crippen LogP contribution in [0.1, 0.15) is 34.5 Å². The van der Waals surface area contributed by atoms with E-state index in [2.05, 4.69) is 31.8 Å². The Morgan fingerprint density at radius 1 is 0.971 bits per heavy atom. The number of amides is 1. The van der Waals surface area contributed by atoms with Crippen LogP contribution in [0.15, 0.2) is 48.8 Å². The summed E-state index contributed by atoms with van der Waals surface area (Å²) in [5, 5.41) is 3.32. The van der Waals surface area contributed by atoms with Gasteiger partial charge in [-0.25, -0.2) is 19.9 Å². The lowest BCUT2D eigenvalue weighted by atomic mass is 10.1. The predicted octanol–water partition coefficient (Wildman–Crippen LogP) is 4.55. The van der Waals surface area contributed by atoms with Crippen LogP contribution in [0.4, 0.5) is 11.6 Å². The Bertz CT molecular complexity index is 1390. The van der Waals surface area contributed by atoms with E-state index in [1.165, 1.54) is 0 Å². The van der Waals surface area contributed by atoms with Crippen LogP contribution in [0.2, 0.25) is 0 Å². The molecule has 0 saturated heterocycles. The van der Waals surface area contributed by atoms with E-state index < -0.39 is 0 Å². The van der Waals surface area contributed by atoms with Crippen molar-refractivity contribution in [1.82, 2.24) is 29.4 Å². The molecule has 0 fully saturated rings. The number of carbonyl (C=O) groups excluding carboxylic acids is 1. The van der Waals surface area contributed by atoms with Gasteiger partial charge in [-0.05, 0) is 57.5 Å². The Morgan fingerprint density at radius 2 is 1.76 bits per heavy atom. The number of benzene rings is 1. The highest BCUT2D eigenvalue weighted by atomic mass is 16.2. The molecule has 8 nitrogen and oxygen atoms in total. The molecular formula is C26H27N7O. The van der Waals surface area contributed by atoms with Gasteiger partial charge in [0.05, 0.1) is 11.4 Å². The van der Waals surface area contributed by atoms with Crippen LogP contribution in [0.25, 0.3) is 22.5 Å². The number of fused-ring (bicyclic) bond motifs is 1. The molecule has 1 aliphatic heterocycles. The highest BCUT2D eigenvalue weighted by molar-refractivity contribution is 5.97. The molecule has 0 bridgehead atoms. The second-order valence-electron chi connectivity index (χ2n) is 8.43. The molecule has 3 aromatic heterocycles. The molecule has 0 aliphatic carbocycles. The standard InChI is InChI=1S/C26H27N7O/c1-5-32-13-14-33-17(3)23(16(2)24(33)25(32)34)22-10-12-28-26(31-22)30-20-8-6-7-19(15-20)21-9-11-27-18(4)29-21/h6-12,15H,5,13-14H2,1-4H3,(H,28,30,31). The van der Waals surface area contributed by atoms with Gasteiger partial charge in [0, 0.05) is 54.5 Å². The van der Waals surface area contributed by atoms with Crippen molar-refractivity contribution in [2.75, 3.05) is 18.4 Å². The summed E-state index contributed by atoms with van der Waals surface area (Å²) in [5.41, 5.74) is 7.30. The lowest BCUT2D eigenvalue weighted by molar-refractivity contribution is 0.0712. The molecule has 172 valence electrons. The van der Waals surface area contributed by atoms with E-state index in [4.69, 9.17) is 4.98 Å². The summed E-state index contributed by atoms with van der Waals surface area (Å²) in [6.45, 7) is 10.2. The molecule has 1 amide bonds. The summed E-state index contributed by atoms with van der Waals surface area (Å²) in [7, 11) is 0. The molecule has 1 aliphatic rings. The molecule has 4 aromatic rings. The number of anilines is 2. The van der Waals surface area contributed by atoms with Crippen LogP contribution in [-0.2, 0) is 6.54 Å².